The SMILES string of the molecule is N#CN1CCN2CCN(c3ccc(-c4cccc5[nH]ncc45)cn3)C(=O)[C@H]2C1. The van der Waals surface area contributed by atoms with Gasteiger partial charge in [-0.2, -0.15) is 10.4 Å². The number of amides is 1. The number of nitrogens with one attached hydrogen (secondary N) is 1. The summed E-state index contributed by atoms with van der Waals surface area (Å²) in [6.07, 6.45) is 5.78. The van der Waals surface area contributed by atoms with Crippen molar-refractivity contribution in [1.29, 1.82) is 5.26 Å². The predicted molar refractivity (Wildman–Crippen MR) is 104 cm³/mol. The fraction of sp³-hybridized carbons (Fsp3) is 0.300. The van der Waals surface area contributed by atoms with Crippen LogP contribution in [0.4, 0.5) is 5.82 Å². The van der Waals surface area contributed by atoms with Gasteiger partial charge in [-0.1, -0.05) is 12.1 Å². The topological polar surface area (TPSA) is 92.2 Å². The summed E-state index contributed by atoms with van der Waals surface area (Å²) >= 11 is 0. The minimum absolute atomic E-state index is 0.0170. The van der Waals surface area contributed by atoms with E-state index in [9.17, 15) is 4.79 Å². The van der Waals surface area contributed by atoms with Gasteiger partial charge < -0.3 is 4.90 Å². The van der Waals surface area contributed by atoms with Crippen molar-refractivity contribution >= 4 is 22.6 Å². The van der Waals surface area contributed by atoms with Crippen molar-refractivity contribution < 1.29 is 4.79 Å². The lowest BCUT2D eigenvalue weighted by Gasteiger charge is -2.44. The van der Waals surface area contributed by atoms with Crippen LogP contribution >= 0.6 is 0 Å². The third-order valence-corrected chi connectivity index (χ3v) is 5.61. The van der Waals surface area contributed by atoms with E-state index in [1.54, 1.807) is 16.0 Å². The summed E-state index contributed by atoms with van der Waals surface area (Å²) in [6, 6.07) is 9.62. The van der Waals surface area contributed by atoms with Crippen molar-refractivity contribution in [2.45, 2.75) is 6.04 Å². The van der Waals surface area contributed by atoms with Crippen LogP contribution in [-0.4, -0.2) is 69.7 Å². The van der Waals surface area contributed by atoms with Crippen molar-refractivity contribution in [3.05, 3.63) is 42.7 Å². The molecule has 1 aromatic carbocycles. The molecule has 0 unspecified atom stereocenters. The minimum Gasteiger partial charge on any atom is -0.307 e. The van der Waals surface area contributed by atoms with E-state index in [0.29, 0.717) is 25.5 Å². The summed E-state index contributed by atoms with van der Waals surface area (Å²) in [6.45, 7) is 3.30. The van der Waals surface area contributed by atoms with Crippen LogP contribution < -0.4 is 4.90 Å². The van der Waals surface area contributed by atoms with Gasteiger partial charge in [0.25, 0.3) is 0 Å². The monoisotopic (exact) mass is 373 g/mol. The molecule has 28 heavy (non-hydrogen) atoms. The number of rotatable bonds is 2. The second-order valence-electron chi connectivity index (χ2n) is 7.13. The molecular formula is C20H19N7O. The summed E-state index contributed by atoms with van der Waals surface area (Å²) < 4.78 is 0. The smallest absolute Gasteiger partial charge is 0.247 e. The number of aromatic amines is 1. The fourth-order valence-corrected chi connectivity index (χ4v) is 4.08. The normalized spacial score (nSPS) is 20.2. The van der Waals surface area contributed by atoms with Gasteiger partial charge in [0.2, 0.25) is 5.91 Å². The summed E-state index contributed by atoms with van der Waals surface area (Å²) in [4.78, 5) is 23.2. The number of piperazine rings is 2. The average Bonchev–Trinajstić information content (AvgIpc) is 3.23. The highest BCUT2D eigenvalue weighted by atomic mass is 16.2. The van der Waals surface area contributed by atoms with E-state index < -0.39 is 0 Å². The van der Waals surface area contributed by atoms with Crippen LogP contribution in [0, 0.1) is 11.5 Å². The third-order valence-electron chi connectivity index (χ3n) is 5.61. The van der Waals surface area contributed by atoms with Crippen LogP contribution in [0.25, 0.3) is 22.0 Å². The van der Waals surface area contributed by atoms with Crippen LogP contribution in [0.1, 0.15) is 0 Å². The molecule has 1 atom stereocenters. The lowest BCUT2D eigenvalue weighted by Crippen LogP contribution is -2.64. The zero-order chi connectivity index (χ0) is 19.1. The molecule has 5 rings (SSSR count). The Morgan fingerprint density at radius 1 is 1.11 bits per heavy atom. The number of hydrogen-bond acceptors (Lipinski definition) is 6. The summed E-state index contributed by atoms with van der Waals surface area (Å²) in [5.41, 5.74) is 3.01. The highest BCUT2D eigenvalue weighted by Gasteiger charge is 2.39. The van der Waals surface area contributed by atoms with E-state index in [1.807, 2.05) is 36.5 Å². The molecule has 1 N–H and O–H groups in total. The Morgan fingerprint density at radius 2 is 2.00 bits per heavy atom. The zero-order valence-electron chi connectivity index (χ0n) is 15.2. The highest BCUT2D eigenvalue weighted by Crippen LogP contribution is 2.29. The Balaban J connectivity index is 1.41. The molecule has 2 aliphatic rings. The molecular weight excluding hydrogens is 354 g/mol. The quantitative estimate of drug-likeness (QED) is 0.684. The van der Waals surface area contributed by atoms with E-state index in [1.165, 1.54) is 0 Å². The minimum atomic E-state index is -0.275. The van der Waals surface area contributed by atoms with Crippen molar-refractivity contribution in [2.75, 3.05) is 37.6 Å². The van der Waals surface area contributed by atoms with Gasteiger partial charge in [-0.15, -0.1) is 0 Å². The summed E-state index contributed by atoms with van der Waals surface area (Å²) in [5.74, 6) is 0.672. The lowest BCUT2D eigenvalue weighted by molar-refractivity contribution is -0.127. The molecule has 8 heteroatoms. The van der Waals surface area contributed by atoms with Gasteiger partial charge in [0.1, 0.15) is 11.9 Å². The highest BCUT2D eigenvalue weighted by molar-refractivity contribution is 5.98. The summed E-state index contributed by atoms with van der Waals surface area (Å²) in [5, 5.41) is 17.3. The molecule has 8 nitrogen and oxygen atoms in total. The number of pyridine rings is 1. The molecule has 1 amide bonds. The maximum atomic E-state index is 13.0. The second kappa shape index (κ2) is 6.62. The van der Waals surface area contributed by atoms with E-state index in [4.69, 9.17) is 5.26 Å². The van der Waals surface area contributed by atoms with E-state index in [2.05, 4.69) is 26.3 Å². The molecule has 0 aliphatic carbocycles. The number of nitriles is 1. The first-order valence-corrected chi connectivity index (χ1v) is 9.33. The van der Waals surface area contributed by atoms with E-state index in [0.717, 1.165) is 35.1 Å². The van der Waals surface area contributed by atoms with Gasteiger partial charge in [0, 0.05) is 43.3 Å². The lowest BCUT2D eigenvalue weighted by atomic mass is 10.0. The number of carbonyl (C=O) groups is 1. The fourth-order valence-electron chi connectivity index (χ4n) is 4.08. The van der Waals surface area contributed by atoms with Crippen molar-refractivity contribution in [2.24, 2.45) is 0 Å². The molecule has 4 heterocycles. The van der Waals surface area contributed by atoms with E-state index >= 15 is 0 Å². The molecule has 140 valence electrons. The third kappa shape index (κ3) is 2.68. The molecule has 2 aliphatic heterocycles. The van der Waals surface area contributed by atoms with Crippen molar-refractivity contribution in [3.63, 3.8) is 0 Å². The maximum Gasteiger partial charge on any atom is 0.247 e. The Bertz CT molecular complexity index is 1070. The largest absolute Gasteiger partial charge is 0.307 e. The van der Waals surface area contributed by atoms with Gasteiger partial charge in [-0.3, -0.25) is 19.7 Å². The molecule has 0 radical (unpaired) electrons. The Kier molecular flexibility index (Phi) is 3.95. The van der Waals surface area contributed by atoms with Gasteiger partial charge >= 0.3 is 0 Å². The van der Waals surface area contributed by atoms with Crippen LogP contribution in [0.3, 0.4) is 0 Å². The molecule has 2 saturated heterocycles. The molecule has 0 saturated carbocycles. The van der Waals surface area contributed by atoms with Crippen molar-refractivity contribution in [3.8, 4) is 17.3 Å². The standard InChI is InChI=1S/C20H19N7O/c21-13-25-6-7-26-8-9-27(20(28)18(26)12-25)19-5-4-14(10-22-19)15-2-1-3-17-16(15)11-23-24-17/h1-5,10-11,18H,6-9,12H2,(H,23,24)/t18-/m1/s1. The number of nitrogens with zero attached hydrogens (tertiary/aromatic N) is 6. The number of carbonyl (C=O) groups excluding carboxylic acids is 1. The van der Waals surface area contributed by atoms with Crippen LogP contribution in [0.2, 0.25) is 0 Å². The van der Waals surface area contributed by atoms with Gasteiger partial charge in [0.05, 0.1) is 18.3 Å². The van der Waals surface area contributed by atoms with Crippen LogP contribution in [-0.2, 0) is 4.79 Å². The molecule has 2 aromatic heterocycles. The molecule has 3 aromatic rings. The molecule has 2 fully saturated rings. The predicted octanol–water partition coefficient (Wildman–Crippen LogP) is 1.44. The average molecular weight is 373 g/mol. The zero-order valence-corrected chi connectivity index (χ0v) is 15.2. The van der Waals surface area contributed by atoms with Gasteiger partial charge in [-0.05, 0) is 23.8 Å². The summed E-state index contributed by atoms with van der Waals surface area (Å²) in [7, 11) is 0. The van der Waals surface area contributed by atoms with Gasteiger partial charge in [0.15, 0.2) is 6.19 Å². The first-order chi connectivity index (χ1) is 13.7. The molecule has 0 bridgehead atoms. The number of hydrogen-bond donors (Lipinski definition) is 1. The van der Waals surface area contributed by atoms with Crippen molar-refractivity contribution in [1.82, 2.24) is 25.0 Å². The molecule has 0 spiro atoms. The number of aromatic nitrogens is 3. The first kappa shape index (κ1) is 16.7. The number of anilines is 1. The number of fused-ring (bicyclic) bond motifs is 2. The Labute approximate surface area is 162 Å². The van der Waals surface area contributed by atoms with Crippen LogP contribution in [0.15, 0.2) is 42.7 Å². The maximum absolute atomic E-state index is 13.0. The second-order valence-corrected chi connectivity index (χ2v) is 7.13. The van der Waals surface area contributed by atoms with Crippen LogP contribution in [0.5, 0.6) is 0 Å². The van der Waals surface area contributed by atoms with Gasteiger partial charge in [-0.25, -0.2) is 4.98 Å². The Hall–Kier alpha value is -3.44. The number of benzene rings is 1. The number of H-pyrrole nitrogens is 1. The first-order valence-electron chi connectivity index (χ1n) is 9.33. The van der Waals surface area contributed by atoms with E-state index in [-0.39, 0.29) is 11.9 Å². The Morgan fingerprint density at radius 3 is 2.82 bits per heavy atom.